The van der Waals surface area contributed by atoms with Crippen LogP contribution in [0.3, 0.4) is 0 Å². The van der Waals surface area contributed by atoms with E-state index < -0.39 is 12.0 Å². The lowest BCUT2D eigenvalue weighted by atomic mass is 10.0. The average molecular weight is 299 g/mol. The molecule has 0 spiro atoms. The van der Waals surface area contributed by atoms with Gasteiger partial charge in [0.2, 0.25) is 0 Å². The standard InChI is InChI=1S/C10H10BrF2N.ClH/c11-8-3-1-2-7(6-8)9-10(12,13)4-5-14-9;/h1-3,6,9,14H,4-5H2;1H. The minimum absolute atomic E-state index is 0. The van der Waals surface area contributed by atoms with E-state index in [1.165, 1.54) is 0 Å². The number of alkyl halides is 2. The maximum Gasteiger partial charge on any atom is 0.268 e. The molecule has 1 aliphatic rings. The third kappa shape index (κ3) is 2.68. The number of rotatable bonds is 1. The molecule has 0 aromatic heterocycles. The first kappa shape index (κ1) is 12.9. The zero-order chi connectivity index (χ0) is 10.2. The number of hydrogen-bond donors (Lipinski definition) is 1. The van der Waals surface area contributed by atoms with Crippen molar-refractivity contribution in [2.75, 3.05) is 6.54 Å². The van der Waals surface area contributed by atoms with Gasteiger partial charge >= 0.3 is 0 Å². The predicted molar refractivity (Wildman–Crippen MR) is 61.7 cm³/mol. The molecular formula is C10H11BrClF2N. The number of hydrogen-bond acceptors (Lipinski definition) is 1. The fourth-order valence-corrected chi connectivity index (χ4v) is 2.14. The van der Waals surface area contributed by atoms with Gasteiger partial charge in [0.15, 0.2) is 0 Å². The van der Waals surface area contributed by atoms with E-state index in [4.69, 9.17) is 0 Å². The molecule has 0 bridgehead atoms. The molecule has 1 nitrogen and oxygen atoms in total. The fraction of sp³-hybridized carbons (Fsp3) is 0.400. The van der Waals surface area contributed by atoms with E-state index in [1.54, 1.807) is 18.2 Å². The Hall–Kier alpha value is -0.190. The van der Waals surface area contributed by atoms with Crippen molar-refractivity contribution < 1.29 is 8.78 Å². The molecular weight excluding hydrogens is 287 g/mol. The van der Waals surface area contributed by atoms with Gasteiger partial charge in [0.25, 0.3) is 5.92 Å². The number of benzene rings is 1. The maximum absolute atomic E-state index is 13.3. The van der Waals surface area contributed by atoms with Gasteiger partial charge in [-0.25, -0.2) is 8.78 Å². The van der Waals surface area contributed by atoms with E-state index in [-0.39, 0.29) is 18.8 Å². The summed E-state index contributed by atoms with van der Waals surface area (Å²) in [5, 5.41) is 2.82. The molecule has 0 amide bonds. The summed E-state index contributed by atoms with van der Waals surface area (Å²) in [4.78, 5) is 0. The van der Waals surface area contributed by atoms with Gasteiger partial charge in [-0.1, -0.05) is 28.1 Å². The molecule has 5 heteroatoms. The minimum Gasteiger partial charge on any atom is -0.305 e. The van der Waals surface area contributed by atoms with Gasteiger partial charge in [0.1, 0.15) is 0 Å². The molecule has 15 heavy (non-hydrogen) atoms. The van der Waals surface area contributed by atoms with Crippen molar-refractivity contribution in [1.82, 2.24) is 5.32 Å². The van der Waals surface area contributed by atoms with Crippen molar-refractivity contribution >= 4 is 28.3 Å². The molecule has 1 saturated heterocycles. The largest absolute Gasteiger partial charge is 0.305 e. The summed E-state index contributed by atoms with van der Waals surface area (Å²) in [5.41, 5.74) is 0.641. The molecule has 1 aromatic rings. The highest BCUT2D eigenvalue weighted by molar-refractivity contribution is 9.10. The van der Waals surface area contributed by atoms with Crippen LogP contribution in [0.5, 0.6) is 0 Å². The van der Waals surface area contributed by atoms with Crippen molar-refractivity contribution in [3.05, 3.63) is 34.3 Å². The second-order valence-corrected chi connectivity index (χ2v) is 4.37. The fourth-order valence-electron chi connectivity index (χ4n) is 1.72. The molecule has 0 saturated carbocycles. The smallest absolute Gasteiger partial charge is 0.268 e. The predicted octanol–water partition coefficient (Wildman–Crippen LogP) is 3.54. The van der Waals surface area contributed by atoms with Crippen molar-refractivity contribution in [2.45, 2.75) is 18.4 Å². The van der Waals surface area contributed by atoms with Gasteiger partial charge < -0.3 is 5.32 Å². The van der Waals surface area contributed by atoms with Crippen LogP contribution in [-0.4, -0.2) is 12.5 Å². The summed E-state index contributed by atoms with van der Waals surface area (Å²) in [6.07, 6.45) is -0.0792. The first-order chi connectivity index (χ1) is 6.59. The highest BCUT2D eigenvalue weighted by Gasteiger charge is 2.44. The Labute approximate surface area is 102 Å². The van der Waals surface area contributed by atoms with E-state index >= 15 is 0 Å². The van der Waals surface area contributed by atoms with E-state index in [2.05, 4.69) is 21.2 Å². The summed E-state index contributed by atoms with van der Waals surface area (Å²) in [5.74, 6) is -2.62. The van der Waals surface area contributed by atoms with E-state index in [0.29, 0.717) is 12.1 Å². The van der Waals surface area contributed by atoms with Gasteiger partial charge in [-0.2, -0.15) is 0 Å². The van der Waals surface area contributed by atoms with Crippen LogP contribution >= 0.6 is 28.3 Å². The molecule has 0 radical (unpaired) electrons. The molecule has 1 fully saturated rings. The number of halogens is 4. The SMILES string of the molecule is Cl.FC1(F)CCNC1c1cccc(Br)c1. The van der Waals surface area contributed by atoms with Crippen molar-refractivity contribution in [1.29, 1.82) is 0 Å². The Kier molecular flexibility index (Phi) is 4.09. The third-order valence-electron chi connectivity index (χ3n) is 2.41. The van der Waals surface area contributed by atoms with Gasteiger partial charge in [0, 0.05) is 17.4 Å². The first-order valence-corrected chi connectivity index (χ1v) is 5.25. The summed E-state index contributed by atoms with van der Waals surface area (Å²) in [6, 6.07) is 6.23. The monoisotopic (exact) mass is 297 g/mol. The minimum atomic E-state index is -2.62. The second kappa shape index (κ2) is 4.76. The van der Waals surface area contributed by atoms with E-state index in [0.717, 1.165) is 4.47 Å². The van der Waals surface area contributed by atoms with Gasteiger partial charge in [-0.3, -0.25) is 0 Å². The molecule has 1 aromatic carbocycles. The van der Waals surface area contributed by atoms with Crippen LogP contribution < -0.4 is 5.32 Å². The van der Waals surface area contributed by atoms with Crippen molar-refractivity contribution in [3.8, 4) is 0 Å². The Morgan fingerprint density at radius 1 is 1.40 bits per heavy atom. The summed E-state index contributed by atoms with van der Waals surface area (Å²) in [6.45, 7) is 0.379. The lowest BCUT2D eigenvalue weighted by Gasteiger charge is -2.19. The van der Waals surface area contributed by atoms with E-state index in [1.807, 2.05) is 6.07 Å². The highest BCUT2D eigenvalue weighted by atomic mass is 79.9. The Morgan fingerprint density at radius 3 is 2.67 bits per heavy atom. The normalized spacial score (nSPS) is 23.5. The molecule has 84 valence electrons. The second-order valence-electron chi connectivity index (χ2n) is 3.45. The van der Waals surface area contributed by atoms with Crippen molar-refractivity contribution in [2.24, 2.45) is 0 Å². The van der Waals surface area contributed by atoms with Crippen molar-refractivity contribution in [3.63, 3.8) is 0 Å². The molecule has 1 heterocycles. The van der Waals surface area contributed by atoms with Crippen LogP contribution in [-0.2, 0) is 0 Å². The summed E-state index contributed by atoms with van der Waals surface area (Å²) < 4.78 is 27.5. The zero-order valence-corrected chi connectivity index (χ0v) is 10.2. The van der Waals surface area contributed by atoms with Gasteiger partial charge in [0.05, 0.1) is 6.04 Å². The Morgan fingerprint density at radius 2 is 2.13 bits per heavy atom. The Bertz CT molecular complexity index is 346. The zero-order valence-electron chi connectivity index (χ0n) is 7.84. The maximum atomic E-state index is 13.3. The van der Waals surface area contributed by atoms with Gasteiger partial charge in [-0.15, -0.1) is 12.4 Å². The first-order valence-electron chi connectivity index (χ1n) is 4.46. The molecule has 2 rings (SSSR count). The summed E-state index contributed by atoms with van der Waals surface area (Å²) >= 11 is 3.27. The van der Waals surface area contributed by atoms with Crippen LogP contribution in [0.4, 0.5) is 8.78 Å². The summed E-state index contributed by atoms with van der Waals surface area (Å²) in [7, 11) is 0. The van der Waals surface area contributed by atoms with Crippen LogP contribution in [0.1, 0.15) is 18.0 Å². The molecule has 1 atom stereocenters. The number of nitrogens with one attached hydrogen (secondary N) is 1. The lowest BCUT2D eigenvalue weighted by Crippen LogP contribution is -2.26. The van der Waals surface area contributed by atoms with Crippen LogP contribution in [0.15, 0.2) is 28.7 Å². The topological polar surface area (TPSA) is 12.0 Å². The molecule has 1 aliphatic heterocycles. The van der Waals surface area contributed by atoms with Crippen LogP contribution in [0.2, 0.25) is 0 Å². The van der Waals surface area contributed by atoms with Gasteiger partial charge in [-0.05, 0) is 17.7 Å². The van der Waals surface area contributed by atoms with E-state index in [9.17, 15) is 8.78 Å². The molecule has 1 N–H and O–H groups in total. The molecule has 1 unspecified atom stereocenters. The molecule has 0 aliphatic carbocycles. The average Bonchev–Trinajstić information content (AvgIpc) is 2.45. The van der Waals surface area contributed by atoms with Crippen LogP contribution in [0.25, 0.3) is 0 Å². The lowest BCUT2D eigenvalue weighted by molar-refractivity contribution is -0.0117. The third-order valence-corrected chi connectivity index (χ3v) is 2.90. The quantitative estimate of drug-likeness (QED) is 0.836. The van der Waals surface area contributed by atoms with Crippen LogP contribution in [0, 0.1) is 0 Å². The highest BCUT2D eigenvalue weighted by Crippen LogP contribution is 2.38. The Balaban J connectivity index is 0.00000112.